The fourth-order valence-corrected chi connectivity index (χ4v) is 0.500. The molecule has 0 saturated carbocycles. The number of aliphatic carboxylic acids is 1. The standard InChI is InChI=1S/2C4H11N.C4H6O2.ClH/c2*1-3-5-4-2;1-3(2)4(5)6;/h2*5H,3-4H2,1-2H3;1H2,2H3,(H,5,6);1H. The van der Waals surface area contributed by atoms with Crippen molar-refractivity contribution >= 4 is 18.4 Å². The Hall–Kier alpha value is -0.580. The SMILES string of the molecule is C=C(C)C(=O)O.CCNCC.CCNCC.Cl. The van der Waals surface area contributed by atoms with E-state index in [2.05, 4.69) is 44.9 Å². The summed E-state index contributed by atoms with van der Waals surface area (Å²) in [4.78, 5) is 9.60. The van der Waals surface area contributed by atoms with Gasteiger partial charge < -0.3 is 15.7 Å². The highest BCUT2D eigenvalue weighted by Crippen LogP contribution is 1.81. The number of carbonyl (C=O) groups is 1. The molecule has 0 aromatic rings. The second-order valence-electron chi connectivity index (χ2n) is 3.00. The Morgan fingerprint density at radius 1 is 1.00 bits per heavy atom. The normalized spacial score (nSPS) is 7.59. The number of carboxylic acid groups (broad SMARTS) is 1. The Morgan fingerprint density at radius 2 is 1.18 bits per heavy atom. The van der Waals surface area contributed by atoms with Crippen molar-refractivity contribution in [3.05, 3.63) is 12.2 Å². The summed E-state index contributed by atoms with van der Waals surface area (Å²) >= 11 is 0. The third-order valence-electron chi connectivity index (χ3n) is 1.37. The summed E-state index contributed by atoms with van der Waals surface area (Å²) < 4.78 is 0. The van der Waals surface area contributed by atoms with Crippen LogP contribution in [0.15, 0.2) is 12.2 Å². The van der Waals surface area contributed by atoms with Crippen molar-refractivity contribution < 1.29 is 9.90 Å². The molecule has 0 aromatic heterocycles. The van der Waals surface area contributed by atoms with Gasteiger partial charge in [0.15, 0.2) is 0 Å². The van der Waals surface area contributed by atoms with Gasteiger partial charge in [-0.2, -0.15) is 0 Å². The van der Waals surface area contributed by atoms with Crippen LogP contribution < -0.4 is 10.6 Å². The molecule has 0 unspecified atom stereocenters. The molecule has 0 atom stereocenters. The van der Waals surface area contributed by atoms with Crippen LogP contribution >= 0.6 is 12.4 Å². The Kier molecular flexibility index (Phi) is 36.6. The fraction of sp³-hybridized carbons (Fsp3) is 0.750. The van der Waals surface area contributed by atoms with Gasteiger partial charge in [0.2, 0.25) is 0 Å². The van der Waals surface area contributed by atoms with E-state index in [-0.39, 0.29) is 18.0 Å². The van der Waals surface area contributed by atoms with Gasteiger partial charge in [-0.25, -0.2) is 4.79 Å². The smallest absolute Gasteiger partial charge is 0.330 e. The van der Waals surface area contributed by atoms with Gasteiger partial charge in [-0.15, -0.1) is 12.4 Å². The Labute approximate surface area is 112 Å². The van der Waals surface area contributed by atoms with E-state index < -0.39 is 5.97 Å². The van der Waals surface area contributed by atoms with E-state index in [0.29, 0.717) is 0 Å². The first-order valence-electron chi connectivity index (χ1n) is 5.77. The predicted octanol–water partition coefficient (Wildman–Crippen LogP) is 2.30. The molecule has 0 rings (SSSR count). The molecule has 0 saturated heterocycles. The fourth-order valence-electron chi connectivity index (χ4n) is 0.500. The zero-order chi connectivity index (χ0) is 13.4. The van der Waals surface area contributed by atoms with Gasteiger partial charge in [0.25, 0.3) is 0 Å². The molecule has 0 aliphatic heterocycles. The van der Waals surface area contributed by atoms with Gasteiger partial charge in [-0.1, -0.05) is 34.3 Å². The second kappa shape index (κ2) is 24.6. The van der Waals surface area contributed by atoms with Crippen LogP contribution in [0.3, 0.4) is 0 Å². The first-order chi connectivity index (χ1) is 7.47. The number of hydrogen-bond donors (Lipinski definition) is 3. The third kappa shape index (κ3) is 50.4. The molecule has 0 bridgehead atoms. The van der Waals surface area contributed by atoms with Crippen molar-refractivity contribution in [2.75, 3.05) is 26.2 Å². The lowest BCUT2D eigenvalue weighted by molar-refractivity contribution is -0.132. The molecular formula is C12H29ClN2O2. The maximum Gasteiger partial charge on any atom is 0.330 e. The average molecular weight is 269 g/mol. The maximum absolute atomic E-state index is 9.60. The molecule has 0 aromatic carbocycles. The monoisotopic (exact) mass is 268 g/mol. The number of rotatable bonds is 5. The minimum Gasteiger partial charge on any atom is -0.478 e. The van der Waals surface area contributed by atoms with Gasteiger partial charge in [-0.05, 0) is 33.1 Å². The number of halogens is 1. The van der Waals surface area contributed by atoms with E-state index in [0.717, 1.165) is 26.2 Å². The van der Waals surface area contributed by atoms with E-state index in [1.165, 1.54) is 6.92 Å². The van der Waals surface area contributed by atoms with Crippen LogP contribution in [-0.2, 0) is 4.79 Å². The lowest BCUT2D eigenvalue weighted by Crippen LogP contribution is -2.09. The highest BCUT2D eigenvalue weighted by molar-refractivity contribution is 5.85. The molecule has 0 aliphatic carbocycles. The zero-order valence-corrected chi connectivity index (χ0v) is 12.6. The minimum atomic E-state index is -0.935. The summed E-state index contributed by atoms with van der Waals surface area (Å²) in [5, 5.41) is 14.1. The molecular weight excluding hydrogens is 240 g/mol. The first-order valence-corrected chi connectivity index (χ1v) is 5.77. The third-order valence-corrected chi connectivity index (χ3v) is 1.37. The second-order valence-corrected chi connectivity index (χ2v) is 3.00. The average Bonchev–Trinajstić information content (AvgIpc) is 2.22. The molecule has 0 fully saturated rings. The molecule has 106 valence electrons. The van der Waals surface area contributed by atoms with Crippen molar-refractivity contribution in [2.24, 2.45) is 0 Å². The van der Waals surface area contributed by atoms with Crippen molar-refractivity contribution in [3.8, 4) is 0 Å². The van der Waals surface area contributed by atoms with Gasteiger partial charge in [0.05, 0.1) is 0 Å². The van der Waals surface area contributed by atoms with Gasteiger partial charge in [0.1, 0.15) is 0 Å². The van der Waals surface area contributed by atoms with E-state index in [4.69, 9.17) is 5.11 Å². The predicted molar refractivity (Wildman–Crippen MR) is 78.1 cm³/mol. The van der Waals surface area contributed by atoms with Gasteiger partial charge in [-0.3, -0.25) is 0 Å². The largest absolute Gasteiger partial charge is 0.478 e. The van der Waals surface area contributed by atoms with Crippen molar-refractivity contribution in [3.63, 3.8) is 0 Å². The number of nitrogens with one attached hydrogen (secondary N) is 2. The summed E-state index contributed by atoms with van der Waals surface area (Å²) in [7, 11) is 0. The van der Waals surface area contributed by atoms with E-state index in [1.807, 2.05) is 0 Å². The Morgan fingerprint density at radius 3 is 1.18 bits per heavy atom. The van der Waals surface area contributed by atoms with Crippen LogP contribution in [0.5, 0.6) is 0 Å². The van der Waals surface area contributed by atoms with Crippen LogP contribution in [0.2, 0.25) is 0 Å². The molecule has 17 heavy (non-hydrogen) atoms. The Bertz CT molecular complexity index is 143. The van der Waals surface area contributed by atoms with E-state index in [1.54, 1.807) is 0 Å². The highest BCUT2D eigenvalue weighted by Gasteiger charge is 1.90. The summed E-state index contributed by atoms with van der Waals surface area (Å²) in [5.41, 5.74) is 0.176. The molecule has 0 amide bonds. The zero-order valence-electron chi connectivity index (χ0n) is 11.8. The lowest BCUT2D eigenvalue weighted by Gasteiger charge is -1.86. The van der Waals surface area contributed by atoms with E-state index >= 15 is 0 Å². The topological polar surface area (TPSA) is 61.4 Å². The number of carboxylic acids is 1. The van der Waals surface area contributed by atoms with Crippen molar-refractivity contribution in [2.45, 2.75) is 34.6 Å². The number of hydrogen-bond acceptors (Lipinski definition) is 3. The summed E-state index contributed by atoms with van der Waals surface area (Å²) in [6.45, 7) is 17.4. The van der Waals surface area contributed by atoms with Gasteiger partial charge >= 0.3 is 5.97 Å². The molecule has 0 spiro atoms. The van der Waals surface area contributed by atoms with Crippen LogP contribution in [-0.4, -0.2) is 37.3 Å². The molecule has 5 heteroatoms. The van der Waals surface area contributed by atoms with Crippen molar-refractivity contribution in [1.82, 2.24) is 10.6 Å². The van der Waals surface area contributed by atoms with Gasteiger partial charge in [0, 0.05) is 5.57 Å². The van der Waals surface area contributed by atoms with Crippen LogP contribution in [0, 0.1) is 0 Å². The molecule has 3 N–H and O–H groups in total. The van der Waals surface area contributed by atoms with Crippen LogP contribution in [0.4, 0.5) is 0 Å². The molecule has 0 aliphatic rings. The summed E-state index contributed by atoms with van der Waals surface area (Å²) in [6, 6.07) is 0. The van der Waals surface area contributed by atoms with E-state index in [9.17, 15) is 4.79 Å². The minimum absolute atomic E-state index is 0. The van der Waals surface area contributed by atoms with Crippen LogP contribution in [0.25, 0.3) is 0 Å². The summed E-state index contributed by atoms with van der Waals surface area (Å²) in [6.07, 6.45) is 0. The lowest BCUT2D eigenvalue weighted by atomic mass is 10.4. The Balaban J connectivity index is -0.0000000729. The maximum atomic E-state index is 9.60. The first kappa shape index (κ1) is 25.3. The quantitative estimate of drug-likeness (QED) is 0.670. The highest BCUT2D eigenvalue weighted by atomic mass is 35.5. The molecule has 0 radical (unpaired) electrons. The molecule has 0 heterocycles. The van der Waals surface area contributed by atoms with Crippen molar-refractivity contribution in [1.29, 1.82) is 0 Å². The molecule has 4 nitrogen and oxygen atoms in total. The van der Waals surface area contributed by atoms with Crippen LogP contribution in [0.1, 0.15) is 34.6 Å². The summed E-state index contributed by atoms with van der Waals surface area (Å²) in [5.74, 6) is -0.935.